The SMILES string of the molecule is CC(C)(C)[S@@](=O)/N=C/c1cc(OC(F)F)ccc1F. The van der Waals surface area contributed by atoms with E-state index in [0.717, 1.165) is 24.4 Å². The Bertz CT molecular complexity index is 498. The fraction of sp³-hybridized carbons (Fsp3) is 0.417. The second-order valence-electron chi connectivity index (χ2n) is 4.66. The largest absolute Gasteiger partial charge is 0.435 e. The first kappa shape index (κ1) is 15.7. The van der Waals surface area contributed by atoms with Crippen LogP contribution in [0, 0.1) is 5.82 Å². The van der Waals surface area contributed by atoms with Gasteiger partial charge >= 0.3 is 6.61 Å². The molecule has 0 aliphatic heterocycles. The van der Waals surface area contributed by atoms with Gasteiger partial charge in [-0.05, 0) is 39.0 Å². The summed E-state index contributed by atoms with van der Waals surface area (Å²) in [7, 11) is -1.55. The minimum Gasteiger partial charge on any atom is -0.435 e. The highest BCUT2D eigenvalue weighted by atomic mass is 32.2. The highest BCUT2D eigenvalue weighted by Crippen LogP contribution is 2.18. The highest BCUT2D eigenvalue weighted by molar-refractivity contribution is 7.85. The third kappa shape index (κ3) is 5.02. The molecule has 1 aromatic rings. The van der Waals surface area contributed by atoms with E-state index in [9.17, 15) is 17.4 Å². The zero-order valence-corrected chi connectivity index (χ0v) is 11.5. The van der Waals surface area contributed by atoms with Crippen LogP contribution in [0.25, 0.3) is 0 Å². The number of hydrogen-bond acceptors (Lipinski definition) is 2. The molecule has 1 rings (SSSR count). The Morgan fingerprint density at radius 3 is 2.53 bits per heavy atom. The van der Waals surface area contributed by atoms with E-state index in [1.165, 1.54) is 0 Å². The van der Waals surface area contributed by atoms with Gasteiger partial charge in [0.2, 0.25) is 0 Å². The Labute approximate surface area is 112 Å². The normalized spacial score (nSPS) is 14.1. The average molecular weight is 293 g/mol. The zero-order chi connectivity index (χ0) is 14.6. The maximum absolute atomic E-state index is 13.4. The van der Waals surface area contributed by atoms with Crippen LogP contribution in [0.15, 0.2) is 22.6 Å². The van der Waals surface area contributed by atoms with Gasteiger partial charge in [0.1, 0.15) is 22.6 Å². The first-order valence-electron chi connectivity index (χ1n) is 5.40. The third-order valence-corrected chi connectivity index (χ3v) is 3.35. The number of halogens is 3. The number of nitrogens with zero attached hydrogens (tertiary/aromatic N) is 1. The second-order valence-corrected chi connectivity index (χ2v) is 6.59. The van der Waals surface area contributed by atoms with Crippen LogP contribution in [0.2, 0.25) is 0 Å². The summed E-state index contributed by atoms with van der Waals surface area (Å²) in [5, 5.41) is 0. The number of hydrogen-bond donors (Lipinski definition) is 0. The molecule has 0 aliphatic rings. The Morgan fingerprint density at radius 1 is 1.37 bits per heavy atom. The molecule has 0 radical (unpaired) electrons. The summed E-state index contributed by atoms with van der Waals surface area (Å²) in [5.41, 5.74) is -0.0595. The first-order chi connectivity index (χ1) is 8.70. The van der Waals surface area contributed by atoms with Gasteiger partial charge in [0, 0.05) is 11.8 Å². The minimum absolute atomic E-state index is 0.0595. The highest BCUT2D eigenvalue weighted by Gasteiger charge is 2.18. The molecule has 7 heteroatoms. The fourth-order valence-electron chi connectivity index (χ4n) is 1.06. The van der Waals surface area contributed by atoms with Crippen molar-refractivity contribution in [3.05, 3.63) is 29.6 Å². The van der Waals surface area contributed by atoms with Crippen LogP contribution in [0.1, 0.15) is 26.3 Å². The molecule has 0 heterocycles. The number of ether oxygens (including phenoxy) is 1. The summed E-state index contributed by atoms with van der Waals surface area (Å²) < 4.78 is 56.4. The van der Waals surface area contributed by atoms with Crippen molar-refractivity contribution in [1.29, 1.82) is 0 Å². The van der Waals surface area contributed by atoms with E-state index in [1.54, 1.807) is 20.8 Å². The molecule has 0 saturated carbocycles. The van der Waals surface area contributed by atoms with Gasteiger partial charge in [-0.3, -0.25) is 0 Å². The number of rotatable bonds is 4. The Hall–Kier alpha value is -1.37. The standard InChI is InChI=1S/C12H14F3NO2S/c1-12(2,3)19(17)16-7-8-6-9(18-11(14)15)4-5-10(8)13/h4-7,11H,1-3H3/b16-7+/t19-/m1/s1. The van der Waals surface area contributed by atoms with Crippen molar-refractivity contribution in [2.24, 2.45) is 4.40 Å². The monoisotopic (exact) mass is 293 g/mol. The van der Waals surface area contributed by atoms with Crippen LogP contribution >= 0.6 is 0 Å². The molecule has 0 fully saturated rings. The molecular formula is C12H14F3NO2S. The van der Waals surface area contributed by atoms with Crippen molar-refractivity contribution in [2.45, 2.75) is 32.1 Å². The summed E-state index contributed by atoms with van der Waals surface area (Å²) in [6, 6.07) is 3.14. The van der Waals surface area contributed by atoms with E-state index in [1.807, 2.05) is 0 Å². The molecular weight excluding hydrogens is 279 g/mol. The van der Waals surface area contributed by atoms with Crippen LogP contribution < -0.4 is 4.74 Å². The molecule has 3 nitrogen and oxygen atoms in total. The molecule has 1 atom stereocenters. The summed E-state index contributed by atoms with van der Waals surface area (Å²) >= 11 is 0. The Kier molecular flexibility index (Phi) is 5.11. The van der Waals surface area contributed by atoms with Crippen molar-refractivity contribution in [2.75, 3.05) is 0 Å². The Balaban J connectivity index is 2.94. The predicted octanol–water partition coefficient (Wildman–Crippen LogP) is 3.31. The van der Waals surface area contributed by atoms with Crippen LogP contribution in [0.3, 0.4) is 0 Å². The van der Waals surface area contributed by atoms with E-state index in [0.29, 0.717) is 0 Å². The summed E-state index contributed by atoms with van der Waals surface area (Å²) in [6.45, 7) is 2.16. The molecule has 0 spiro atoms. The van der Waals surface area contributed by atoms with Crippen molar-refractivity contribution < 1.29 is 22.1 Å². The van der Waals surface area contributed by atoms with E-state index >= 15 is 0 Å². The van der Waals surface area contributed by atoms with Gasteiger partial charge in [0.25, 0.3) is 0 Å². The minimum atomic E-state index is -2.99. The van der Waals surface area contributed by atoms with Gasteiger partial charge in [0.15, 0.2) is 0 Å². The van der Waals surface area contributed by atoms with Crippen LogP contribution in [-0.4, -0.2) is 21.8 Å². The summed E-state index contributed by atoms with van der Waals surface area (Å²) in [4.78, 5) is 0. The molecule has 0 N–H and O–H groups in total. The maximum atomic E-state index is 13.4. The van der Waals surface area contributed by atoms with Gasteiger partial charge < -0.3 is 4.74 Å². The molecule has 0 saturated heterocycles. The molecule has 0 bridgehead atoms. The smallest absolute Gasteiger partial charge is 0.387 e. The van der Waals surface area contributed by atoms with Crippen molar-refractivity contribution >= 4 is 17.2 Å². The average Bonchev–Trinajstić information content (AvgIpc) is 2.27. The van der Waals surface area contributed by atoms with Gasteiger partial charge in [0.05, 0.1) is 4.75 Å². The summed E-state index contributed by atoms with van der Waals surface area (Å²) in [6.07, 6.45) is 1.05. The van der Waals surface area contributed by atoms with Crippen molar-refractivity contribution in [3.8, 4) is 5.75 Å². The molecule has 0 aliphatic carbocycles. The quantitative estimate of drug-likeness (QED) is 0.799. The number of benzene rings is 1. The van der Waals surface area contributed by atoms with Crippen LogP contribution in [0.5, 0.6) is 5.75 Å². The molecule has 106 valence electrons. The predicted molar refractivity (Wildman–Crippen MR) is 68.5 cm³/mol. The van der Waals surface area contributed by atoms with E-state index in [2.05, 4.69) is 9.13 Å². The fourth-order valence-corrected chi connectivity index (χ4v) is 1.59. The van der Waals surface area contributed by atoms with Gasteiger partial charge in [-0.1, -0.05) is 0 Å². The van der Waals surface area contributed by atoms with E-state index in [4.69, 9.17) is 0 Å². The lowest BCUT2D eigenvalue weighted by Gasteiger charge is -2.12. The second kappa shape index (κ2) is 6.18. The lowest BCUT2D eigenvalue weighted by Crippen LogP contribution is -2.19. The van der Waals surface area contributed by atoms with Crippen LogP contribution in [-0.2, 0) is 11.0 Å². The van der Waals surface area contributed by atoms with Crippen LogP contribution in [0.4, 0.5) is 13.2 Å². The number of alkyl halides is 2. The first-order valence-corrected chi connectivity index (χ1v) is 6.51. The summed E-state index contributed by atoms with van der Waals surface area (Å²) in [5.74, 6) is -0.837. The Morgan fingerprint density at radius 2 is 2.00 bits per heavy atom. The lowest BCUT2D eigenvalue weighted by molar-refractivity contribution is -0.0498. The van der Waals surface area contributed by atoms with Crippen molar-refractivity contribution in [1.82, 2.24) is 0 Å². The van der Waals surface area contributed by atoms with E-state index in [-0.39, 0.29) is 11.3 Å². The third-order valence-electron chi connectivity index (χ3n) is 2.00. The maximum Gasteiger partial charge on any atom is 0.387 e. The van der Waals surface area contributed by atoms with Gasteiger partial charge in [-0.25, -0.2) is 8.60 Å². The zero-order valence-electron chi connectivity index (χ0n) is 10.7. The molecule has 0 unspecified atom stereocenters. The lowest BCUT2D eigenvalue weighted by atomic mass is 10.2. The molecule has 1 aromatic carbocycles. The van der Waals surface area contributed by atoms with Gasteiger partial charge in [-0.15, -0.1) is 0 Å². The molecule has 19 heavy (non-hydrogen) atoms. The topological polar surface area (TPSA) is 38.7 Å². The van der Waals surface area contributed by atoms with Gasteiger partial charge in [-0.2, -0.15) is 13.2 Å². The van der Waals surface area contributed by atoms with E-state index < -0.39 is 28.2 Å². The molecule has 0 aromatic heterocycles. The molecule has 0 amide bonds. The van der Waals surface area contributed by atoms with Crippen molar-refractivity contribution in [3.63, 3.8) is 0 Å².